The highest BCUT2D eigenvalue weighted by Crippen LogP contribution is 2.34. The maximum Gasteiger partial charge on any atom is 0.211 e. The van der Waals surface area contributed by atoms with Crippen LogP contribution in [0.2, 0.25) is 0 Å². The van der Waals surface area contributed by atoms with Crippen molar-refractivity contribution >= 4 is 34.9 Å². The van der Waals surface area contributed by atoms with E-state index < -0.39 is 0 Å². The number of benzene rings is 3. The highest BCUT2D eigenvalue weighted by atomic mass is 32.1. The Labute approximate surface area is 184 Å². The molecule has 2 heterocycles. The predicted molar refractivity (Wildman–Crippen MR) is 128 cm³/mol. The van der Waals surface area contributed by atoms with E-state index in [0.29, 0.717) is 13.1 Å². The van der Waals surface area contributed by atoms with Crippen molar-refractivity contribution < 1.29 is 5.11 Å². The summed E-state index contributed by atoms with van der Waals surface area (Å²) >= 11 is 1.49. The number of allylic oxidation sites excluding steroid dienone is 1. The minimum Gasteiger partial charge on any atom is -0.493 e. The Hall–Kier alpha value is -3.70. The lowest BCUT2D eigenvalue weighted by molar-refractivity contribution is 0.419. The van der Waals surface area contributed by atoms with Gasteiger partial charge in [-0.15, -0.1) is 0 Å². The molecule has 4 nitrogen and oxygen atoms in total. The molecule has 5 rings (SSSR count). The van der Waals surface area contributed by atoms with Gasteiger partial charge in [-0.3, -0.25) is 14.6 Å². The Bertz CT molecular complexity index is 1330. The van der Waals surface area contributed by atoms with Crippen LogP contribution in [0.25, 0.3) is 11.6 Å². The summed E-state index contributed by atoms with van der Waals surface area (Å²) in [6, 6.07) is 28.3. The number of nitrogens with zero attached hydrogens (tertiary/aromatic N) is 3. The summed E-state index contributed by atoms with van der Waals surface area (Å²) in [5.74, 6) is 0.228. The molecule has 0 bridgehead atoms. The van der Waals surface area contributed by atoms with Gasteiger partial charge >= 0.3 is 0 Å². The molecule has 31 heavy (non-hydrogen) atoms. The first kappa shape index (κ1) is 19.3. The van der Waals surface area contributed by atoms with Crippen LogP contribution in [0.3, 0.4) is 0 Å². The van der Waals surface area contributed by atoms with Gasteiger partial charge in [-0.25, -0.2) is 0 Å². The van der Waals surface area contributed by atoms with Crippen LogP contribution >= 0.6 is 11.3 Å². The van der Waals surface area contributed by atoms with Gasteiger partial charge in [0.2, 0.25) is 5.88 Å². The highest BCUT2D eigenvalue weighted by molar-refractivity contribution is 7.10. The molecule has 0 saturated carbocycles. The molecule has 0 amide bonds. The van der Waals surface area contributed by atoms with E-state index in [1.807, 2.05) is 71.5 Å². The molecule has 0 aliphatic carbocycles. The van der Waals surface area contributed by atoms with Crippen molar-refractivity contribution in [2.45, 2.75) is 13.1 Å². The van der Waals surface area contributed by atoms with Crippen LogP contribution in [0.1, 0.15) is 21.6 Å². The summed E-state index contributed by atoms with van der Waals surface area (Å²) in [5, 5.41) is 11.1. The molecule has 0 fully saturated rings. The van der Waals surface area contributed by atoms with Crippen LogP contribution in [0.15, 0.2) is 94.9 Å². The molecule has 1 N–H and O–H groups in total. The van der Waals surface area contributed by atoms with E-state index in [1.54, 1.807) is 0 Å². The summed E-state index contributed by atoms with van der Waals surface area (Å²) in [5.41, 5.74) is 5.28. The number of thiazole rings is 1. The van der Waals surface area contributed by atoms with Crippen LogP contribution in [0.5, 0.6) is 5.88 Å². The molecule has 0 atom stereocenters. The number of rotatable bonds is 5. The van der Waals surface area contributed by atoms with Crippen LogP contribution < -0.4 is 4.80 Å². The predicted octanol–water partition coefficient (Wildman–Crippen LogP) is 5.66. The Morgan fingerprint density at radius 3 is 2.32 bits per heavy atom. The Morgan fingerprint density at radius 2 is 1.55 bits per heavy atom. The van der Waals surface area contributed by atoms with E-state index in [1.165, 1.54) is 11.3 Å². The first-order valence-corrected chi connectivity index (χ1v) is 11.0. The van der Waals surface area contributed by atoms with Gasteiger partial charge < -0.3 is 5.11 Å². The van der Waals surface area contributed by atoms with E-state index in [4.69, 9.17) is 4.99 Å². The van der Waals surface area contributed by atoms with Crippen LogP contribution in [0.4, 0.5) is 5.69 Å². The number of aliphatic imine (C=N–C) groups is 1. The van der Waals surface area contributed by atoms with E-state index in [2.05, 4.69) is 35.3 Å². The fourth-order valence-electron chi connectivity index (χ4n) is 3.58. The lowest BCUT2D eigenvalue weighted by Gasteiger charge is -2.06. The van der Waals surface area contributed by atoms with E-state index in [-0.39, 0.29) is 5.88 Å². The third kappa shape index (κ3) is 4.13. The van der Waals surface area contributed by atoms with Crippen molar-refractivity contribution in [3.05, 3.63) is 111 Å². The lowest BCUT2D eigenvalue weighted by atomic mass is 10.1. The summed E-state index contributed by atoms with van der Waals surface area (Å²) in [7, 11) is 0. The average molecular weight is 424 g/mol. The van der Waals surface area contributed by atoms with Crippen molar-refractivity contribution in [3.8, 4) is 5.88 Å². The van der Waals surface area contributed by atoms with Crippen molar-refractivity contribution in [2.75, 3.05) is 0 Å². The molecule has 0 radical (unpaired) electrons. The summed E-state index contributed by atoms with van der Waals surface area (Å²) in [4.78, 5) is 10.9. The largest absolute Gasteiger partial charge is 0.493 e. The number of hydrogen-bond acceptors (Lipinski definition) is 4. The molecule has 152 valence electrons. The normalized spacial score (nSPS) is 14.3. The maximum atomic E-state index is 11.1. The lowest BCUT2D eigenvalue weighted by Crippen LogP contribution is -2.15. The second-order valence-corrected chi connectivity index (χ2v) is 8.33. The molecule has 0 spiro atoms. The van der Waals surface area contributed by atoms with Gasteiger partial charge in [-0.1, -0.05) is 90.2 Å². The molecule has 1 aliphatic rings. The number of aromatic hydroxyl groups is 1. The molecular weight excluding hydrogens is 402 g/mol. The Morgan fingerprint density at radius 1 is 0.871 bits per heavy atom. The monoisotopic (exact) mass is 423 g/mol. The first-order valence-electron chi connectivity index (χ1n) is 10.1. The molecule has 3 aromatic carbocycles. The summed E-state index contributed by atoms with van der Waals surface area (Å²) in [6.45, 7) is 1.13. The number of fused-ring (bicyclic) bond motifs is 1. The SMILES string of the molecule is Oc1c(C=C2C=Nc3ccccc32)sc(=NCc2ccccc2)n1Cc1ccccc1. The Kier molecular flexibility index (Phi) is 5.33. The second-order valence-electron chi connectivity index (χ2n) is 7.32. The zero-order chi connectivity index (χ0) is 21.0. The fourth-order valence-corrected chi connectivity index (χ4v) is 4.55. The Balaban J connectivity index is 1.57. The third-order valence-electron chi connectivity index (χ3n) is 5.18. The minimum absolute atomic E-state index is 0.228. The number of aromatic nitrogens is 1. The van der Waals surface area contributed by atoms with Crippen LogP contribution in [-0.2, 0) is 13.1 Å². The standard InChI is InChI=1S/C26H21N3OS/c30-25-24(15-21-17-27-23-14-8-7-13-22(21)23)31-26(28-16-19-9-3-1-4-10-19)29(25)18-20-11-5-2-6-12-20/h1-15,17,30H,16,18H2. The number of para-hydroxylation sites is 1. The second kappa shape index (κ2) is 8.58. The fraction of sp³-hybridized carbons (Fsp3) is 0.0769. The minimum atomic E-state index is 0.228. The molecule has 5 heteroatoms. The van der Waals surface area contributed by atoms with Crippen LogP contribution in [-0.4, -0.2) is 15.9 Å². The quantitative estimate of drug-likeness (QED) is 0.442. The van der Waals surface area contributed by atoms with Gasteiger partial charge in [0.05, 0.1) is 23.7 Å². The molecule has 4 aromatic rings. The van der Waals surface area contributed by atoms with Crippen molar-refractivity contribution in [1.29, 1.82) is 0 Å². The average Bonchev–Trinajstić information content (AvgIpc) is 3.36. The van der Waals surface area contributed by atoms with E-state index in [0.717, 1.165) is 37.6 Å². The highest BCUT2D eigenvalue weighted by Gasteiger charge is 2.16. The zero-order valence-electron chi connectivity index (χ0n) is 16.8. The van der Waals surface area contributed by atoms with Gasteiger partial charge in [-0.05, 0) is 23.3 Å². The van der Waals surface area contributed by atoms with Gasteiger partial charge in [0.15, 0.2) is 4.80 Å². The molecule has 1 aliphatic heterocycles. The van der Waals surface area contributed by atoms with Crippen molar-refractivity contribution in [1.82, 2.24) is 4.57 Å². The molecular formula is C26H21N3OS. The zero-order valence-corrected chi connectivity index (χ0v) is 17.7. The first-order chi connectivity index (χ1) is 15.3. The molecule has 0 unspecified atom stereocenters. The van der Waals surface area contributed by atoms with Gasteiger partial charge in [-0.2, -0.15) is 0 Å². The summed E-state index contributed by atoms with van der Waals surface area (Å²) in [6.07, 6.45) is 3.85. The number of hydrogen-bond donors (Lipinski definition) is 1. The van der Waals surface area contributed by atoms with Gasteiger partial charge in [0.25, 0.3) is 0 Å². The third-order valence-corrected chi connectivity index (χ3v) is 6.23. The van der Waals surface area contributed by atoms with Gasteiger partial charge in [0.1, 0.15) is 0 Å². The topological polar surface area (TPSA) is 49.9 Å². The maximum absolute atomic E-state index is 11.1. The molecule has 0 saturated heterocycles. The molecule has 1 aromatic heterocycles. The van der Waals surface area contributed by atoms with E-state index in [9.17, 15) is 5.11 Å². The van der Waals surface area contributed by atoms with Crippen molar-refractivity contribution in [2.24, 2.45) is 9.98 Å². The van der Waals surface area contributed by atoms with E-state index >= 15 is 0 Å². The summed E-state index contributed by atoms with van der Waals surface area (Å²) < 4.78 is 1.88. The van der Waals surface area contributed by atoms with Crippen molar-refractivity contribution in [3.63, 3.8) is 0 Å². The smallest absolute Gasteiger partial charge is 0.211 e. The van der Waals surface area contributed by atoms with Gasteiger partial charge in [0, 0.05) is 17.4 Å². The van der Waals surface area contributed by atoms with Crippen LogP contribution in [0, 0.1) is 0 Å².